The van der Waals surface area contributed by atoms with E-state index in [0.29, 0.717) is 11.0 Å². The highest BCUT2D eigenvalue weighted by Gasteiger charge is 2.12. The van der Waals surface area contributed by atoms with Gasteiger partial charge in [0, 0.05) is 5.56 Å². The maximum Gasteiger partial charge on any atom is 0.161 e. The summed E-state index contributed by atoms with van der Waals surface area (Å²) in [7, 11) is 0. The molecule has 0 fully saturated rings. The number of aryl methyl sites for hydroxylation is 4. The van der Waals surface area contributed by atoms with Crippen LogP contribution in [0.4, 0.5) is 0 Å². The molecule has 1 heterocycles. The maximum absolute atomic E-state index is 6.13. The van der Waals surface area contributed by atoms with Gasteiger partial charge in [0.1, 0.15) is 5.15 Å². The van der Waals surface area contributed by atoms with Crippen molar-refractivity contribution in [2.24, 2.45) is 0 Å². The second-order valence-corrected chi connectivity index (χ2v) is 5.93. The van der Waals surface area contributed by atoms with Crippen molar-refractivity contribution in [1.29, 1.82) is 0 Å². The molecule has 0 saturated carbocycles. The zero-order valence-corrected chi connectivity index (χ0v) is 13.7. The molecule has 0 radical (unpaired) electrons. The Kier molecular flexibility index (Phi) is 3.92. The second kappa shape index (κ2) is 5.13. The number of nitrogens with zero attached hydrogens (tertiary/aromatic N) is 2. The third-order valence-corrected chi connectivity index (χ3v) is 4.94. The van der Waals surface area contributed by atoms with Crippen LogP contribution in [-0.2, 0) is 0 Å². The minimum Gasteiger partial charge on any atom is -0.232 e. The minimum atomic E-state index is 0.524. The first-order valence-electron chi connectivity index (χ1n) is 5.68. The van der Waals surface area contributed by atoms with Gasteiger partial charge in [0.25, 0.3) is 0 Å². The van der Waals surface area contributed by atoms with Crippen LogP contribution < -0.4 is 0 Å². The number of halogens is 2. The van der Waals surface area contributed by atoms with Crippen LogP contribution in [0.2, 0.25) is 5.15 Å². The van der Waals surface area contributed by atoms with Crippen LogP contribution in [0, 0.1) is 31.3 Å². The van der Waals surface area contributed by atoms with Crippen molar-refractivity contribution < 1.29 is 0 Å². The van der Waals surface area contributed by atoms with Crippen LogP contribution in [0.1, 0.15) is 22.4 Å². The predicted octanol–water partition coefficient (Wildman–Crippen LogP) is 4.64. The molecule has 0 aliphatic carbocycles. The summed E-state index contributed by atoms with van der Waals surface area (Å²) in [5, 5.41) is 0.524. The van der Waals surface area contributed by atoms with E-state index in [1.165, 1.54) is 16.7 Å². The van der Waals surface area contributed by atoms with Gasteiger partial charge in [-0.1, -0.05) is 17.7 Å². The molecular weight excluding hydrogens is 359 g/mol. The van der Waals surface area contributed by atoms with E-state index in [1.807, 2.05) is 6.92 Å². The second-order valence-electron chi connectivity index (χ2n) is 4.49. The van der Waals surface area contributed by atoms with Crippen molar-refractivity contribution >= 4 is 34.2 Å². The van der Waals surface area contributed by atoms with E-state index >= 15 is 0 Å². The smallest absolute Gasteiger partial charge is 0.161 e. The first kappa shape index (κ1) is 13.7. The lowest BCUT2D eigenvalue weighted by atomic mass is 10.0. The van der Waals surface area contributed by atoms with Crippen molar-refractivity contribution in [3.05, 3.63) is 43.2 Å². The Balaban J connectivity index is 2.66. The molecule has 2 aromatic rings. The molecule has 0 spiro atoms. The molecule has 2 rings (SSSR count). The van der Waals surface area contributed by atoms with Crippen molar-refractivity contribution in [2.75, 3.05) is 0 Å². The van der Waals surface area contributed by atoms with Gasteiger partial charge in [-0.05, 0) is 73.0 Å². The molecule has 0 saturated heterocycles. The van der Waals surface area contributed by atoms with E-state index in [9.17, 15) is 0 Å². The number of aromatic nitrogens is 2. The number of benzene rings is 1. The molecule has 2 nitrogen and oxygen atoms in total. The highest BCUT2D eigenvalue weighted by Crippen LogP contribution is 2.27. The molecule has 4 heteroatoms. The molecule has 18 heavy (non-hydrogen) atoms. The Morgan fingerprint density at radius 2 is 1.56 bits per heavy atom. The molecule has 0 amide bonds. The van der Waals surface area contributed by atoms with Crippen molar-refractivity contribution in [2.45, 2.75) is 27.7 Å². The summed E-state index contributed by atoms with van der Waals surface area (Å²) in [6, 6.07) is 4.29. The average molecular weight is 373 g/mol. The highest BCUT2D eigenvalue weighted by atomic mass is 127. The Labute approximate surface area is 126 Å². The zero-order chi connectivity index (χ0) is 13.4. The summed E-state index contributed by atoms with van der Waals surface area (Å²) >= 11 is 8.30. The van der Waals surface area contributed by atoms with E-state index in [-0.39, 0.29) is 0 Å². The highest BCUT2D eigenvalue weighted by molar-refractivity contribution is 14.1. The first-order chi connectivity index (χ1) is 8.40. The average Bonchev–Trinajstić information content (AvgIpc) is 2.30. The van der Waals surface area contributed by atoms with Gasteiger partial charge < -0.3 is 0 Å². The molecule has 1 aromatic carbocycles. The van der Waals surface area contributed by atoms with E-state index in [4.69, 9.17) is 11.6 Å². The summed E-state index contributed by atoms with van der Waals surface area (Å²) in [4.78, 5) is 8.91. The molecule has 94 valence electrons. The molecular formula is C14H14ClIN2. The summed E-state index contributed by atoms with van der Waals surface area (Å²) in [6.07, 6.45) is 0. The van der Waals surface area contributed by atoms with Gasteiger partial charge in [-0.15, -0.1) is 0 Å². The van der Waals surface area contributed by atoms with Gasteiger partial charge in [0.05, 0.1) is 9.26 Å². The zero-order valence-electron chi connectivity index (χ0n) is 10.8. The van der Waals surface area contributed by atoms with Gasteiger partial charge in [0.2, 0.25) is 0 Å². The fourth-order valence-electron chi connectivity index (χ4n) is 1.85. The van der Waals surface area contributed by atoms with Gasteiger partial charge in [-0.3, -0.25) is 0 Å². The van der Waals surface area contributed by atoms with E-state index in [2.05, 4.69) is 65.5 Å². The third kappa shape index (κ3) is 2.52. The molecule has 0 atom stereocenters. The van der Waals surface area contributed by atoms with E-state index in [0.717, 1.165) is 14.8 Å². The predicted molar refractivity (Wildman–Crippen MR) is 84.1 cm³/mol. The normalized spacial score (nSPS) is 10.8. The Morgan fingerprint density at radius 1 is 0.944 bits per heavy atom. The topological polar surface area (TPSA) is 25.8 Å². The molecule has 0 aliphatic rings. The molecule has 0 bridgehead atoms. The molecule has 0 N–H and O–H groups in total. The van der Waals surface area contributed by atoms with Crippen LogP contribution in [0.15, 0.2) is 12.1 Å². The lowest BCUT2D eigenvalue weighted by Crippen LogP contribution is -1.99. The minimum absolute atomic E-state index is 0.524. The first-order valence-corrected chi connectivity index (χ1v) is 7.13. The summed E-state index contributed by atoms with van der Waals surface area (Å²) in [5.41, 5.74) is 5.67. The summed E-state index contributed by atoms with van der Waals surface area (Å²) in [5.74, 6) is 0.707. The molecule has 0 aliphatic heterocycles. The van der Waals surface area contributed by atoms with Crippen LogP contribution in [0.25, 0.3) is 11.4 Å². The summed E-state index contributed by atoms with van der Waals surface area (Å²) in [6.45, 7) is 8.24. The lowest BCUT2D eigenvalue weighted by Gasteiger charge is -2.10. The van der Waals surface area contributed by atoms with Crippen molar-refractivity contribution in [3.63, 3.8) is 0 Å². The lowest BCUT2D eigenvalue weighted by molar-refractivity contribution is 1.08. The summed E-state index contributed by atoms with van der Waals surface area (Å²) < 4.78 is 0.916. The molecule has 1 aromatic heterocycles. The van der Waals surface area contributed by atoms with Crippen molar-refractivity contribution in [3.8, 4) is 11.4 Å². The Hall–Kier alpha value is -0.680. The Bertz CT molecular complexity index is 600. The van der Waals surface area contributed by atoms with Crippen LogP contribution in [0.5, 0.6) is 0 Å². The quantitative estimate of drug-likeness (QED) is 0.538. The van der Waals surface area contributed by atoms with Gasteiger partial charge in [0.15, 0.2) is 5.82 Å². The van der Waals surface area contributed by atoms with E-state index in [1.54, 1.807) is 0 Å². The fraction of sp³-hybridized carbons (Fsp3) is 0.286. The number of hydrogen-bond acceptors (Lipinski definition) is 2. The molecule has 0 unspecified atom stereocenters. The van der Waals surface area contributed by atoms with E-state index < -0.39 is 0 Å². The van der Waals surface area contributed by atoms with Crippen LogP contribution in [0.3, 0.4) is 0 Å². The maximum atomic E-state index is 6.13. The number of rotatable bonds is 1. The van der Waals surface area contributed by atoms with Gasteiger partial charge in [-0.25, -0.2) is 9.97 Å². The SMILES string of the molecule is Cc1cc(C)c(-c2nc(C)c(I)c(Cl)n2)cc1C. The van der Waals surface area contributed by atoms with Gasteiger partial charge >= 0.3 is 0 Å². The largest absolute Gasteiger partial charge is 0.232 e. The third-order valence-electron chi connectivity index (χ3n) is 3.06. The van der Waals surface area contributed by atoms with Crippen LogP contribution >= 0.6 is 34.2 Å². The Morgan fingerprint density at radius 3 is 2.17 bits per heavy atom. The van der Waals surface area contributed by atoms with Crippen molar-refractivity contribution in [1.82, 2.24) is 9.97 Å². The monoisotopic (exact) mass is 372 g/mol. The van der Waals surface area contributed by atoms with Crippen LogP contribution in [-0.4, -0.2) is 9.97 Å². The fourth-order valence-corrected chi connectivity index (χ4v) is 2.30. The number of hydrogen-bond donors (Lipinski definition) is 0. The van der Waals surface area contributed by atoms with Gasteiger partial charge in [-0.2, -0.15) is 0 Å². The standard InChI is InChI=1S/C14H14ClIN2/c1-7-5-9(3)11(6-8(7)2)14-17-10(4)12(16)13(15)18-14/h5-6H,1-4H3.